The number of aliphatic hydroxyl groups is 3. The zero-order chi connectivity index (χ0) is 35.2. The van der Waals surface area contributed by atoms with Gasteiger partial charge >= 0.3 is 17.9 Å². The van der Waals surface area contributed by atoms with E-state index in [-0.39, 0.29) is 32.7 Å². The SMILES string of the molecule is CCC(CO)(CO)CO.CCCCCCCCCCCCCCCCCCCCCC(=O)O.O=C(O)CCCCCCCC(=O)O. The van der Waals surface area contributed by atoms with Gasteiger partial charge in [-0.3, -0.25) is 14.4 Å². The molecule has 46 heavy (non-hydrogen) atoms. The number of aliphatic hydroxyl groups excluding tert-OH is 3. The number of rotatable bonds is 32. The Labute approximate surface area is 281 Å². The van der Waals surface area contributed by atoms with Crippen LogP contribution in [0.3, 0.4) is 0 Å². The van der Waals surface area contributed by atoms with Crippen molar-refractivity contribution in [3.8, 4) is 0 Å². The number of unbranched alkanes of at least 4 members (excludes halogenated alkanes) is 22. The minimum absolute atomic E-state index is 0.156. The molecule has 0 radical (unpaired) electrons. The normalized spacial score (nSPS) is 10.9. The van der Waals surface area contributed by atoms with E-state index in [1.165, 1.54) is 109 Å². The molecule has 0 amide bonds. The number of carboxylic acid groups (broad SMARTS) is 3. The Bertz CT molecular complexity index is 615. The van der Waals surface area contributed by atoms with Gasteiger partial charge in [-0.2, -0.15) is 0 Å². The topological polar surface area (TPSA) is 173 Å². The third kappa shape index (κ3) is 42.3. The van der Waals surface area contributed by atoms with Crippen LogP contribution in [0, 0.1) is 5.41 Å². The van der Waals surface area contributed by atoms with Crippen molar-refractivity contribution >= 4 is 17.9 Å². The van der Waals surface area contributed by atoms with Crippen LogP contribution in [0.25, 0.3) is 0 Å². The minimum Gasteiger partial charge on any atom is -0.481 e. The van der Waals surface area contributed by atoms with Crippen molar-refractivity contribution in [2.45, 2.75) is 194 Å². The van der Waals surface area contributed by atoms with E-state index >= 15 is 0 Å². The van der Waals surface area contributed by atoms with Gasteiger partial charge in [0.15, 0.2) is 0 Å². The van der Waals surface area contributed by atoms with Gasteiger partial charge in [0.1, 0.15) is 0 Å². The Balaban J connectivity index is -0.000000699. The summed E-state index contributed by atoms with van der Waals surface area (Å²) < 4.78 is 0. The Morgan fingerprint density at radius 1 is 0.370 bits per heavy atom. The van der Waals surface area contributed by atoms with Gasteiger partial charge in [0.25, 0.3) is 0 Å². The third-order valence-corrected chi connectivity index (χ3v) is 8.53. The fourth-order valence-electron chi connectivity index (χ4n) is 4.92. The molecule has 0 fully saturated rings. The van der Waals surface area contributed by atoms with Crippen LogP contribution in [0.2, 0.25) is 0 Å². The van der Waals surface area contributed by atoms with Crippen molar-refractivity contribution in [2.24, 2.45) is 5.41 Å². The van der Waals surface area contributed by atoms with Crippen LogP contribution in [-0.4, -0.2) is 68.4 Å². The first-order chi connectivity index (χ1) is 22.1. The summed E-state index contributed by atoms with van der Waals surface area (Å²) in [6.45, 7) is 3.64. The molecule has 0 aliphatic heterocycles. The summed E-state index contributed by atoms with van der Waals surface area (Å²) in [6, 6.07) is 0. The van der Waals surface area contributed by atoms with Gasteiger partial charge in [-0.05, 0) is 25.7 Å². The highest BCUT2D eigenvalue weighted by Crippen LogP contribution is 2.18. The fourth-order valence-corrected chi connectivity index (χ4v) is 4.92. The van der Waals surface area contributed by atoms with Crippen LogP contribution in [0.1, 0.15) is 194 Å². The second-order valence-corrected chi connectivity index (χ2v) is 12.9. The molecule has 0 aliphatic rings. The largest absolute Gasteiger partial charge is 0.481 e. The third-order valence-electron chi connectivity index (χ3n) is 8.53. The molecular formula is C37H74O9. The zero-order valence-corrected chi connectivity index (χ0v) is 29.8. The lowest BCUT2D eigenvalue weighted by molar-refractivity contribution is -0.138. The quantitative estimate of drug-likeness (QED) is 0.0384. The van der Waals surface area contributed by atoms with E-state index in [4.69, 9.17) is 30.6 Å². The van der Waals surface area contributed by atoms with E-state index < -0.39 is 23.3 Å². The van der Waals surface area contributed by atoms with E-state index in [0.29, 0.717) is 25.7 Å². The highest BCUT2D eigenvalue weighted by Gasteiger charge is 2.24. The average Bonchev–Trinajstić information content (AvgIpc) is 3.03. The van der Waals surface area contributed by atoms with Crippen molar-refractivity contribution in [1.82, 2.24) is 0 Å². The summed E-state index contributed by atoms with van der Waals surface area (Å²) >= 11 is 0. The lowest BCUT2D eigenvalue weighted by Gasteiger charge is -2.24. The Hall–Kier alpha value is -1.71. The van der Waals surface area contributed by atoms with Gasteiger partial charge < -0.3 is 30.6 Å². The van der Waals surface area contributed by atoms with Gasteiger partial charge in [0.2, 0.25) is 0 Å². The van der Waals surface area contributed by atoms with Crippen molar-refractivity contribution < 1.29 is 45.0 Å². The molecule has 276 valence electrons. The molecular weight excluding hydrogens is 588 g/mol. The molecule has 0 saturated carbocycles. The number of carbonyl (C=O) groups is 3. The second kappa shape index (κ2) is 39.5. The molecule has 0 aromatic rings. The van der Waals surface area contributed by atoms with Gasteiger partial charge in [-0.25, -0.2) is 0 Å². The molecule has 0 unspecified atom stereocenters. The van der Waals surface area contributed by atoms with Crippen LogP contribution < -0.4 is 0 Å². The molecule has 0 bridgehead atoms. The van der Waals surface area contributed by atoms with Crippen LogP contribution in [0.4, 0.5) is 0 Å². The standard InChI is InChI=1S/C22H44O2.C9H16O4.C6H14O3/c1-2-3-4-5-6-7-8-9-10-11-12-13-14-15-16-17-18-19-20-21-22(23)24;10-8(11)6-4-2-1-3-5-7-9(12)13;1-2-6(3-7,4-8)5-9/h2-21H2,1H3,(H,23,24);1-7H2,(H,10,11)(H,12,13);7-9H,2-5H2,1H3. The van der Waals surface area contributed by atoms with E-state index in [9.17, 15) is 14.4 Å². The maximum absolute atomic E-state index is 10.4. The highest BCUT2D eigenvalue weighted by molar-refractivity contribution is 5.67. The van der Waals surface area contributed by atoms with Crippen molar-refractivity contribution in [3.05, 3.63) is 0 Å². The minimum atomic E-state index is -0.759. The Morgan fingerprint density at radius 2 is 0.565 bits per heavy atom. The number of hydrogen-bond acceptors (Lipinski definition) is 6. The first-order valence-corrected chi connectivity index (χ1v) is 18.6. The monoisotopic (exact) mass is 663 g/mol. The van der Waals surface area contributed by atoms with E-state index in [1.54, 1.807) is 0 Å². The number of aliphatic carboxylic acids is 3. The van der Waals surface area contributed by atoms with E-state index in [0.717, 1.165) is 32.1 Å². The maximum atomic E-state index is 10.4. The van der Waals surface area contributed by atoms with Crippen LogP contribution in [0.15, 0.2) is 0 Å². The fraction of sp³-hybridized carbons (Fsp3) is 0.919. The van der Waals surface area contributed by atoms with Crippen molar-refractivity contribution in [3.63, 3.8) is 0 Å². The van der Waals surface area contributed by atoms with Crippen molar-refractivity contribution in [1.29, 1.82) is 0 Å². The highest BCUT2D eigenvalue weighted by atomic mass is 16.4. The van der Waals surface area contributed by atoms with E-state index in [2.05, 4.69) is 6.92 Å². The molecule has 0 saturated heterocycles. The van der Waals surface area contributed by atoms with Crippen molar-refractivity contribution in [2.75, 3.05) is 19.8 Å². The number of hydrogen-bond donors (Lipinski definition) is 6. The summed E-state index contributed by atoms with van der Waals surface area (Å²) in [5.41, 5.74) is -0.667. The molecule has 6 N–H and O–H groups in total. The van der Waals surface area contributed by atoms with Gasteiger partial charge in [0, 0.05) is 24.7 Å². The average molecular weight is 663 g/mol. The second-order valence-electron chi connectivity index (χ2n) is 12.9. The molecule has 0 aromatic heterocycles. The maximum Gasteiger partial charge on any atom is 0.303 e. The van der Waals surface area contributed by atoms with Crippen LogP contribution in [-0.2, 0) is 14.4 Å². The molecule has 0 rings (SSSR count). The van der Waals surface area contributed by atoms with Gasteiger partial charge in [-0.15, -0.1) is 0 Å². The lowest BCUT2D eigenvalue weighted by atomic mass is 9.88. The van der Waals surface area contributed by atoms with Crippen LogP contribution in [0.5, 0.6) is 0 Å². The predicted molar refractivity (Wildman–Crippen MR) is 187 cm³/mol. The predicted octanol–water partition coefficient (Wildman–Crippen LogP) is 9.14. The molecule has 0 aromatic carbocycles. The molecule has 9 heteroatoms. The molecule has 0 heterocycles. The van der Waals surface area contributed by atoms with Crippen LogP contribution >= 0.6 is 0 Å². The summed E-state index contributed by atoms with van der Waals surface area (Å²) in [7, 11) is 0. The van der Waals surface area contributed by atoms with Gasteiger partial charge in [-0.1, -0.05) is 149 Å². The summed E-state index contributed by atoms with van der Waals surface area (Å²) in [5, 5.41) is 51.1. The van der Waals surface area contributed by atoms with Gasteiger partial charge in [0.05, 0.1) is 19.8 Å². The Morgan fingerprint density at radius 3 is 0.696 bits per heavy atom. The Kier molecular flexibility index (Phi) is 41.8. The summed E-state index contributed by atoms with van der Waals surface area (Å²) in [5.74, 6) is -2.17. The summed E-state index contributed by atoms with van der Waals surface area (Å²) in [4.78, 5) is 30.6. The molecule has 0 aliphatic carbocycles. The van der Waals surface area contributed by atoms with E-state index in [1.807, 2.05) is 6.92 Å². The smallest absolute Gasteiger partial charge is 0.303 e. The lowest BCUT2D eigenvalue weighted by Crippen LogP contribution is -2.32. The first kappa shape index (κ1) is 48.7. The first-order valence-electron chi connectivity index (χ1n) is 18.6. The molecule has 0 atom stereocenters. The summed E-state index contributed by atoms with van der Waals surface area (Å²) in [6.07, 6.45) is 31.2. The zero-order valence-electron chi connectivity index (χ0n) is 29.8. The molecule has 0 spiro atoms. The molecule has 9 nitrogen and oxygen atoms in total. The number of carboxylic acids is 3.